The normalized spacial score (nSPS) is 17.0. The molecule has 1 aliphatic heterocycles. The van der Waals surface area contributed by atoms with Crippen molar-refractivity contribution in [3.8, 4) is 0 Å². The third kappa shape index (κ3) is 5.21. The molecule has 1 atom stereocenters. The van der Waals surface area contributed by atoms with Crippen LogP contribution in [0, 0.1) is 10.1 Å². The largest absolute Gasteiger partial charge is 0.477 e. The maximum atomic E-state index is 12.0. The highest BCUT2D eigenvalue weighted by atomic mass is 16.6. The average Bonchev–Trinajstić information content (AvgIpc) is 2.58. The van der Waals surface area contributed by atoms with Crippen molar-refractivity contribution in [1.29, 1.82) is 0 Å². The highest BCUT2D eigenvalue weighted by Gasteiger charge is 2.31. The van der Waals surface area contributed by atoms with Crippen LogP contribution in [0.5, 0.6) is 0 Å². The van der Waals surface area contributed by atoms with Gasteiger partial charge in [-0.25, -0.2) is 14.6 Å². The number of carbonyl (C=O) groups excluding carboxylic acids is 1. The van der Waals surface area contributed by atoms with Gasteiger partial charge in [0, 0.05) is 32.2 Å². The molecule has 0 spiro atoms. The van der Waals surface area contributed by atoms with Crippen molar-refractivity contribution >= 4 is 29.3 Å². The van der Waals surface area contributed by atoms with Crippen LogP contribution in [-0.2, 0) is 4.74 Å². The van der Waals surface area contributed by atoms with E-state index in [-0.39, 0.29) is 35.5 Å². The Kier molecular flexibility index (Phi) is 6.26. The molecule has 2 heterocycles. The Labute approximate surface area is 162 Å². The van der Waals surface area contributed by atoms with Crippen LogP contribution in [0.25, 0.3) is 0 Å². The number of alkyl carbamates (subject to hydrolysis) is 1. The molecule has 0 radical (unpaired) electrons. The minimum absolute atomic E-state index is 0.123. The van der Waals surface area contributed by atoms with Gasteiger partial charge in [0.1, 0.15) is 11.3 Å². The van der Waals surface area contributed by atoms with Crippen LogP contribution in [0.3, 0.4) is 0 Å². The van der Waals surface area contributed by atoms with E-state index in [1.807, 2.05) is 0 Å². The summed E-state index contributed by atoms with van der Waals surface area (Å²) in [4.78, 5) is 39.9. The summed E-state index contributed by atoms with van der Waals surface area (Å²) < 4.78 is 5.26. The summed E-state index contributed by atoms with van der Waals surface area (Å²) in [6, 6.07) is 0.902. The Morgan fingerprint density at radius 1 is 1.43 bits per heavy atom. The summed E-state index contributed by atoms with van der Waals surface area (Å²) in [5, 5.41) is 26.2. The van der Waals surface area contributed by atoms with Gasteiger partial charge in [-0.15, -0.1) is 0 Å². The van der Waals surface area contributed by atoms with Crippen LogP contribution in [0.1, 0.15) is 44.1 Å². The van der Waals surface area contributed by atoms with Gasteiger partial charge in [0.2, 0.25) is 5.82 Å². The number of piperidine rings is 1. The van der Waals surface area contributed by atoms with Crippen molar-refractivity contribution in [1.82, 2.24) is 10.3 Å². The molecule has 0 aliphatic carbocycles. The average molecular weight is 395 g/mol. The lowest BCUT2D eigenvalue weighted by atomic mass is 10.0. The molecule has 1 amide bonds. The van der Waals surface area contributed by atoms with Crippen molar-refractivity contribution in [3.63, 3.8) is 0 Å². The summed E-state index contributed by atoms with van der Waals surface area (Å²) in [5.41, 5.74) is -1.09. The summed E-state index contributed by atoms with van der Waals surface area (Å²) in [7, 11) is 1.44. The van der Waals surface area contributed by atoms with Crippen molar-refractivity contribution in [2.45, 2.75) is 45.3 Å². The van der Waals surface area contributed by atoms with Crippen LogP contribution in [-0.4, -0.2) is 58.9 Å². The summed E-state index contributed by atoms with van der Waals surface area (Å²) in [5.74, 6) is -1.41. The molecule has 1 fully saturated rings. The van der Waals surface area contributed by atoms with Crippen LogP contribution in [0.4, 0.5) is 22.0 Å². The number of nitro groups is 1. The summed E-state index contributed by atoms with van der Waals surface area (Å²) in [6.07, 6.45) is 0.780. The maximum absolute atomic E-state index is 12.0. The topological polar surface area (TPSA) is 147 Å². The van der Waals surface area contributed by atoms with Crippen molar-refractivity contribution in [2.24, 2.45) is 0 Å². The minimum Gasteiger partial charge on any atom is -0.477 e. The molecule has 154 valence electrons. The second-order valence-corrected chi connectivity index (χ2v) is 7.47. The third-order valence-electron chi connectivity index (χ3n) is 4.09. The van der Waals surface area contributed by atoms with E-state index in [1.165, 1.54) is 13.1 Å². The van der Waals surface area contributed by atoms with Gasteiger partial charge < -0.3 is 25.4 Å². The van der Waals surface area contributed by atoms with Crippen molar-refractivity contribution in [3.05, 3.63) is 21.9 Å². The molecule has 1 aromatic heterocycles. The molecule has 0 bridgehead atoms. The Hall–Kier alpha value is -3.11. The molecule has 1 aromatic rings. The lowest BCUT2D eigenvalue weighted by Crippen LogP contribution is -2.49. The molecule has 1 unspecified atom stereocenters. The fourth-order valence-corrected chi connectivity index (χ4v) is 3.02. The number of carbonyl (C=O) groups is 2. The number of anilines is 2. The zero-order valence-corrected chi connectivity index (χ0v) is 16.3. The summed E-state index contributed by atoms with van der Waals surface area (Å²) >= 11 is 0. The predicted molar refractivity (Wildman–Crippen MR) is 102 cm³/mol. The van der Waals surface area contributed by atoms with E-state index in [0.29, 0.717) is 19.4 Å². The number of carboxylic acids is 1. The molecule has 2 rings (SSSR count). The van der Waals surface area contributed by atoms with Crippen molar-refractivity contribution < 1.29 is 24.4 Å². The molecule has 28 heavy (non-hydrogen) atoms. The lowest BCUT2D eigenvalue weighted by molar-refractivity contribution is -0.383. The van der Waals surface area contributed by atoms with Crippen LogP contribution >= 0.6 is 0 Å². The number of aromatic nitrogens is 1. The lowest BCUT2D eigenvalue weighted by Gasteiger charge is -2.35. The van der Waals surface area contributed by atoms with E-state index in [9.17, 15) is 24.8 Å². The van der Waals surface area contributed by atoms with E-state index in [2.05, 4.69) is 15.6 Å². The molecule has 3 N–H and O–H groups in total. The monoisotopic (exact) mass is 395 g/mol. The van der Waals surface area contributed by atoms with Gasteiger partial charge in [-0.05, 0) is 33.6 Å². The van der Waals surface area contributed by atoms with Crippen LogP contribution < -0.4 is 15.5 Å². The van der Waals surface area contributed by atoms with E-state index >= 15 is 0 Å². The van der Waals surface area contributed by atoms with Crippen LogP contribution in [0.2, 0.25) is 0 Å². The van der Waals surface area contributed by atoms with E-state index in [0.717, 1.165) is 0 Å². The van der Waals surface area contributed by atoms with Gasteiger partial charge in [0.05, 0.1) is 4.92 Å². The van der Waals surface area contributed by atoms with Gasteiger partial charge in [-0.2, -0.15) is 0 Å². The van der Waals surface area contributed by atoms with Gasteiger partial charge in [-0.1, -0.05) is 0 Å². The number of nitrogens with zero attached hydrogens (tertiary/aromatic N) is 3. The first kappa shape index (κ1) is 21.2. The number of nitrogens with one attached hydrogen (secondary N) is 2. The number of ether oxygens (including phenoxy) is 1. The fourth-order valence-electron chi connectivity index (χ4n) is 3.02. The predicted octanol–water partition coefficient (Wildman–Crippen LogP) is 2.22. The number of carboxylic acid groups (broad SMARTS) is 1. The zero-order valence-electron chi connectivity index (χ0n) is 16.3. The quantitative estimate of drug-likeness (QED) is 0.504. The molecular formula is C17H25N5O6. The number of aromatic carboxylic acids is 1. The summed E-state index contributed by atoms with van der Waals surface area (Å²) in [6.45, 7) is 6.04. The number of rotatable bonds is 5. The van der Waals surface area contributed by atoms with Crippen LogP contribution in [0.15, 0.2) is 6.07 Å². The fraction of sp³-hybridized carbons (Fsp3) is 0.588. The van der Waals surface area contributed by atoms with Crippen molar-refractivity contribution in [2.75, 3.05) is 30.4 Å². The molecule has 11 nitrogen and oxygen atoms in total. The van der Waals surface area contributed by atoms with E-state index in [1.54, 1.807) is 25.7 Å². The first-order valence-corrected chi connectivity index (χ1v) is 8.86. The molecule has 1 aliphatic rings. The maximum Gasteiger partial charge on any atom is 0.407 e. The first-order valence-electron chi connectivity index (χ1n) is 8.86. The third-order valence-corrected chi connectivity index (χ3v) is 4.09. The Morgan fingerprint density at radius 2 is 2.11 bits per heavy atom. The number of hydrogen-bond acceptors (Lipinski definition) is 8. The Balaban J connectivity index is 2.30. The van der Waals surface area contributed by atoms with E-state index in [4.69, 9.17) is 4.74 Å². The number of amides is 1. The Morgan fingerprint density at radius 3 is 2.64 bits per heavy atom. The van der Waals surface area contributed by atoms with Gasteiger partial charge in [-0.3, -0.25) is 10.1 Å². The smallest absolute Gasteiger partial charge is 0.407 e. The molecule has 0 aromatic carbocycles. The Bertz CT molecular complexity index is 776. The highest BCUT2D eigenvalue weighted by molar-refractivity contribution is 5.90. The molecule has 1 saturated heterocycles. The second kappa shape index (κ2) is 8.28. The SMILES string of the molecule is CNc1nc(C(=O)O)cc(N2CCCC(NC(=O)OC(C)(C)C)C2)c1[N+](=O)[O-]. The number of pyridine rings is 1. The standard InChI is InChI=1S/C17H25N5O6/c1-17(2,3)28-16(25)19-10-6-5-7-21(9-10)12-8-11(15(23)24)20-14(18-4)13(12)22(26)27/h8,10H,5-7,9H2,1-4H3,(H,18,20)(H,19,25)(H,23,24). The number of hydrogen-bond donors (Lipinski definition) is 3. The first-order chi connectivity index (χ1) is 13.0. The van der Waals surface area contributed by atoms with Gasteiger partial charge in [0.25, 0.3) is 0 Å². The molecule has 0 saturated carbocycles. The van der Waals surface area contributed by atoms with E-state index < -0.39 is 22.6 Å². The zero-order chi connectivity index (χ0) is 21.1. The van der Waals surface area contributed by atoms with Gasteiger partial charge >= 0.3 is 17.7 Å². The molecule has 11 heteroatoms. The second-order valence-electron chi connectivity index (χ2n) is 7.47. The minimum atomic E-state index is -1.28. The molecular weight excluding hydrogens is 370 g/mol. The highest BCUT2D eigenvalue weighted by Crippen LogP contribution is 2.36. The van der Waals surface area contributed by atoms with Gasteiger partial charge in [0.15, 0.2) is 5.69 Å².